The number of aromatic nitrogens is 1. The lowest BCUT2D eigenvalue weighted by Gasteiger charge is -2.20. The third-order valence-electron chi connectivity index (χ3n) is 4.34. The van der Waals surface area contributed by atoms with E-state index in [9.17, 15) is 4.79 Å². The van der Waals surface area contributed by atoms with Gasteiger partial charge in [0.2, 0.25) is 0 Å². The summed E-state index contributed by atoms with van der Waals surface area (Å²) in [5.41, 5.74) is 3.76. The monoisotopic (exact) mass is 345 g/mol. The molecule has 0 radical (unpaired) electrons. The van der Waals surface area contributed by atoms with Gasteiger partial charge in [0.25, 0.3) is 5.91 Å². The Morgan fingerprint density at radius 1 is 1.04 bits per heavy atom. The van der Waals surface area contributed by atoms with Gasteiger partial charge in [-0.2, -0.15) is 0 Å². The second-order valence-electron chi connectivity index (χ2n) is 6.38. The quantitative estimate of drug-likeness (QED) is 0.728. The predicted molar refractivity (Wildman–Crippen MR) is 105 cm³/mol. The number of pyridine rings is 1. The van der Waals surface area contributed by atoms with E-state index in [1.54, 1.807) is 12.4 Å². The number of benzene rings is 2. The van der Waals surface area contributed by atoms with Crippen molar-refractivity contribution >= 4 is 11.6 Å². The van der Waals surface area contributed by atoms with Crippen LogP contribution in [-0.4, -0.2) is 17.9 Å². The zero-order valence-corrected chi connectivity index (χ0v) is 15.1. The summed E-state index contributed by atoms with van der Waals surface area (Å²) in [5, 5.41) is 3.03. The highest BCUT2D eigenvalue weighted by Gasteiger charge is 2.13. The van der Waals surface area contributed by atoms with E-state index in [1.807, 2.05) is 68.6 Å². The van der Waals surface area contributed by atoms with Crippen LogP contribution in [0.4, 0.5) is 5.69 Å². The van der Waals surface area contributed by atoms with Crippen molar-refractivity contribution in [3.05, 3.63) is 95.8 Å². The number of hydrogen-bond acceptors (Lipinski definition) is 3. The van der Waals surface area contributed by atoms with E-state index < -0.39 is 0 Å². The first-order valence-corrected chi connectivity index (χ1v) is 8.69. The molecule has 4 nitrogen and oxygen atoms in total. The fourth-order valence-corrected chi connectivity index (χ4v) is 2.81. The van der Waals surface area contributed by atoms with Gasteiger partial charge in [-0.1, -0.05) is 60.7 Å². The zero-order valence-electron chi connectivity index (χ0n) is 15.1. The van der Waals surface area contributed by atoms with Crippen LogP contribution >= 0.6 is 0 Å². The first kappa shape index (κ1) is 17.7. The molecule has 0 bridgehead atoms. The summed E-state index contributed by atoms with van der Waals surface area (Å²) in [4.78, 5) is 18.9. The predicted octanol–water partition coefficient (Wildman–Crippen LogP) is 4.21. The molecule has 0 aliphatic heterocycles. The Labute approximate surface area is 154 Å². The fourth-order valence-electron chi connectivity index (χ4n) is 2.81. The van der Waals surface area contributed by atoms with Gasteiger partial charge >= 0.3 is 0 Å². The Morgan fingerprint density at radius 2 is 1.69 bits per heavy atom. The second kappa shape index (κ2) is 8.30. The third-order valence-corrected chi connectivity index (χ3v) is 4.34. The molecule has 132 valence electrons. The minimum atomic E-state index is -0.121. The topological polar surface area (TPSA) is 45.2 Å². The molecule has 1 amide bonds. The molecule has 0 saturated heterocycles. The Balaban J connectivity index is 1.69. The minimum Gasteiger partial charge on any atom is -0.369 e. The van der Waals surface area contributed by atoms with Crippen molar-refractivity contribution in [1.82, 2.24) is 10.3 Å². The van der Waals surface area contributed by atoms with Crippen molar-refractivity contribution in [2.45, 2.75) is 19.5 Å². The maximum absolute atomic E-state index is 12.6. The number of anilines is 1. The van der Waals surface area contributed by atoms with E-state index in [-0.39, 0.29) is 11.9 Å². The molecule has 1 N–H and O–H groups in total. The highest BCUT2D eigenvalue weighted by molar-refractivity contribution is 5.95. The molecule has 0 fully saturated rings. The van der Waals surface area contributed by atoms with Crippen LogP contribution < -0.4 is 10.2 Å². The number of carbonyl (C=O) groups excluding carboxylic acids is 1. The van der Waals surface area contributed by atoms with Crippen LogP contribution in [0.2, 0.25) is 0 Å². The van der Waals surface area contributed by atoms with Crippen molar-refractivity contribution in [3.63, 3.8) is 0 Å². The summed E-state index contributed by atoms with van der Waals surface area (Å²) >= 11 is 0. The maximum atomic E-state index is 12.6. The highest BCUT2D eigenvalue weighted by atomic mass is 16.1. The van der Waals surface area contributed by atoms with Gasteiger partial charge in [-0.3, -0.25) is 9.78 Å². The smallest absolute Gasteiger partial charge is 0.253 e. The molecule has 0 aliphatic rings. The molecule has 1 atom stereocenters. The molecule has 26 heavy (non-hydrogen) atoms. The van der Waals surface area contributed by atoms with Crippen molar-refractivity contribution < 1.29 is 4.79 Å². The Kier molecular flexibility index (Phi) is 5.64. The number of nitrogens with zero attached hydrogens (tertiary/aromatic N) is 2. The fraction of sp³-hybridized carbons (Fsp3) is 0.182. The van der Waals surface area contributed by atoms with Gasteiger partial charge in [0.1, 0.15) is 0 Å². The van der Waals surface area contributed by atoms with Crippen LogP contribution in [0.1, 0.15) is 34.5 Å². The number of hydrogen-bond donors (Lipinski definition) is 1. The normalized spacial score (nSPS) is 11.6. The van der Waals surface area contributed by atoms with Crippen LogP contribution in [0.5, 0.6) is 0 Å². The van der Waals surface area contributed by atoms with E-state index >= 15 is 0 Å². The SMILES string of the molecule is CC(NC(=O)c1cncc(N(C)Cc2ccccc2)c1)c1ccccc1. The molecule has 1 unspecified atom stereocenters. The van der Waals surface area contributed by atoms with Gasteiger partial charge in [0.15, 0.2) is 0 Å². The molecule has 3 aromatic rings. The van der Waals surface area contributed by atoms with Crippen LogP contribution in [-0.2, 0) is 6.54 Å². The van der Waals surface area contributed by atoms with Gasteiger partial charge in [0, 0.05) is 19.8 Å². The molecule has 0 spiro atoms. The number of carbonyl (C=O) groups is 1. The van der Waals surface area contributed by atoms with E-state index in [2.05, 4.69) is 27.3 Å². The average Bonchev–Trinajstić information content (AvgIpc) is 2.69. The largest absolute Gasteiger partial charge is 0.369 e. The van der Waals surface area contributed by atoms with E-state index in [4.69, 9.17) is 0 Å². The molecule has 4 heteroatoms. The summed E-state index contributed by atoms with van der Waals surface area (Å²) in [7, 11) is 2.00. The zero-order chi connectivity index (χ0) is 18.4. The van der Waals surface area contributed by atoms with Gasteiger partial charge in [-0.05, 0) is 24.1 Å². The first-order chi connectivity index (χ1) is 12.6. The molecule has 1 aromatic heterocycles. The lowest BCUT2D eigenvalue weighted by atomic mass is 10.1. The van der Waals surface area contributed by atoms with Crippen molar-refractivity contribution in [3.8, 4) is 0 Å². The highest BCUT2D eigenvalue weighted by Crippen LogP contribution is 2.17. The second-order valence-corrected chi connectivity index (χ2v) is 6.38. The summed E-state index contributed by atoms with van der Waals surface area (Å²) in [6.45, 7) is 2.74. The van der Waals surface area contributed by atoms with E-state index in [1.165, 1.54) is 5.56 Å². The summed E-state index contributed by atoms with van der Waals surface area (Å²) < 4.78 is 0. The maximum Gasteiger partial charge on any atom is 0.253 e. The Hall–Kier alpha value is -3.14. The van der Waals surface area contributed by atoms with Crippen molar-refractivity contribution in [1.29, 1.82) is 0 Å². The van der Waals surface area contributed by atoms with Gasteiger partial charge < -0.3 is 10.2 Å². The molecule has 2 aromatic carbocycles. The van der Waals surface area contributed by atoms with Crippen LogP contribution in [0.15, 0.2) is 79.1 Å². The van der Waals surface area contributed by atoms with Crippen molar-refractivity contribution in [2.75, 3.05) is 11.9 Å². The summed E-state index contributed by atoms with van der Waals surface area (Å²) in [6, 6.07) is 22.0. The third kappa shape index (κ3) is 4.48. The molecule has 0 saturated carbocycles. The summed E-state index contributed by atoms with van der Waals surface area (Å²) in [6.07, 6.45) is 3.38. The van der Waals surface area contributed by atoms with Crippen LogP contribution in [0.3, 0.4) is 0 Å². The number of amides is 1. The van der Waals surface area contributed by atoms with E-state index in [0.29, 0.717) is 5.56 Å². The molecule has 0 aliphatic carbocycles. The van der Waals surface area contributed by atoms with E-state index in [0.717, 1.165) is 17.8 Å². The molecule has 1 heterocycles. The minimum absolute atomic E-state index is 0.0607. The number of rotatable bonds is 6. The van der Waals surface area contributed by atoms with Crippen LogP contribution in [0, 0.1) is 0 Å². The lowest BCUT2D eigenvalue weighted by molar-refractivity contribution is 0.0939. The average molecular weight is 345 g/mol. The first-order valence-electron chi connectivity index (χ1n) is 8.69. The lowest BCUT2D eigenvalue weighted by Crippen LogP contribution is -2.27. The van der Waals surface area contributed by atoms with Crippen molar-refractivity contribution in [2.24, 2.45) is 0 Å². The van der Waals surface area contributed by atoms with Crippen LogP contribution in [0.25, 0.3) is 0 Å². The molecular weight excluding hydrogens is 322 g/mol. The standard InChI is InChI=1S/C22H23N3O/c1-17(19-11-7-4-8-12-19)24-22(26)20-13-21(15-23-14-20)25(2)16-18-9-5-3-6-10-18/h3-15,17H,16H2,1-2H3,(H,24,26). The van der Waals surface area contributed by atoms with Gasteiger partial charge in [-0.15, -0.1) is 0 Å². The summed E-state index contributed by atoms with van der Waals surface area (Å²) in [5.74, 6) is -0.121. The number of nitrogens with one attached hydrogen (secondary N) is 1. The molecule has 3 rings (SSSR count). The molecular formula is C22H23N3O. The van der Waals surface area contributed by atoms with Gasteiger partial charge in [0.05, 0.1) is 23.5 Å². The van der Waals surface area contributed by atoms with Gasteiger partial charge in [-0.25, -0.2) is 0 Å². The Morgan fingerprint density at radius 3 is 2.38 bits per heavy atom. The Bertz CT molecular complexity index is 850.